The molecule has 0 aliphatic rings. The van der Waals surface area contributed by atoms with Crippen LogP contribution in [0.5, 0.6) is 5.75 Å². The van der Waals surface area contributed by atoms with Crippen LogP contribution in [0, 0.1) is 20.8 Å². The molecule has 3 aromatic rings. The number of hydrogen-bond donors (Lipinski definition) is 0. The molecule has 2 aromatic carbocycles. The highest BCUT2D eigenvalue weighted by Crippen LogP contribution is 2.34. The fourth-order valence-electron chi connectivity index (χ4n) is 5.06. The van der Waals surface area contributed by atoms with Crippen molar-refractivity contribution in [2.75, 3.05) is 26.6 Å². The first-order valence-corrected chi connectivity index (χ1v) is 21.6. The lowest BCUT2D eigenvalue weighted by Gasteiger charge is -2.32. The summed E-state index contributed by atoms with van der Waals surface area (Å²) in [4.78, 5) is 13.3. The van der Waals surface area contributed by atoms with Crippen LogP contribution in [0.4, 0.5) is 0 Å². The van der Waals surface area contributed by atoms with Crippen molar-refractivity contribution in [3.8, 4) is 5.75 Å². The Kier molecular flexibility index (Phi) is 11.1. The Hall–Kier alpha value is -2.71. The predicted molar refractivity (Wildman–Crippen MR) is 181 cm³/mol. The minimum absolute atomic E-state index is 0.0504. The molecule has 10 nitrogen and oxygen atoms in total. The molecule has 1 atom stereocenters. The molecular formula is C32H48N2O8S2Si. The standard InChI is InChI=1S/C32H48N2O8S2Si/c1-22-18-29(40-7)23(2)24(3)30(22)44(38,39)34(28(31(35)41-8)21-42-32(4,5)6)20-25-12-13-27-26(19-25)14-15-33(27)43(36,37)16-17-45(9,10)11/h12-15,18-19,28H,16-17,20-21H2,1-11H3/t28-/m1/s1. The average molecular weight is 681 g/mol. The second-order valence-corrected chi connectivity index (χ2v) is 23.0. The van der Waals surface area contributed by atoms with Crippen molar-refractivity contribution in [1.82, 2.24) is 8.28 Å². The van der Waals surface area contributed by atoms with Gasteiger partial charge in [0.1, 0.15) is 11.8 Å². The molecule has 1 heterocycles. The highest BCUT2D eigenvalue weighted by molar-refractivity contribution is 7.90. The molecule has 1 aromatic heterocycles. The van der Waals surface area contributed by atoms with Crippen molar-refractivity contribution in [2.45, 2.75) is 90.3 Å². The first-order chi connectivity index (χ1) is 20.6. The number of aromatic nitrogens is 1. The van der Waals surface area contributed by atoms with Crippen LogP contribution < -0.4 is 4.74 Å². The molecule has 3 rings (SSSR count). The maximum atomic E-state index is 14.6. The van der Waals surface area contributed by atoms with Crippen LogP contribution in [0.1, 0.15) is 43.0 Å². The first kappa shape index (κ1) is 36.8. The quantitative estimate of drug-likeness (QED) is 0.168. The van der Waals surface area contributed by atoms with Crippen molar-refractivity contribution in [3.63, 3.8) is 0 Å². The number of hydrogen-bond acceptors (Lipinski definition) is 8. The second kappa shape index (κ2) is 13.6. The van der Waals surface area contributed by atoms with Crippen LogP contribution in [0.3, 0.4) is 0 Å². The number of sulfonamides is 1. The number of methoxy groups -OCH3 is 2. The molecule has 0 unspecified atom stereocenters. The van der Waals surface area contributed by atoms with Crippen LogP contribution in [0.25, 0.3) is 10.9 Å². The minimum Gasteiger partial charge on any atom is -0.496 e. The number of ether oxygens (including phenoxy) is 3. The lowest BCUT2D eigenvalue weighted by atomic mass is 10.1. The predicted octanol–water partition coefficient (Wildman–Crippen LogP) is 5.64. The maximum absolute atomic E-state index is 14.6. The monoisotopic (exact) mass is 680 g/mol. The van der Waals surface area contributed by atoms with E-state index in [1.54, 1.807) is 51.1 Å². The van der Waals surface area contributed by atoms with E-state index in [4.69, 9.17) is 14.2 Å². The lowest BCUT2D eigenvalue weighted by Crippen LogP contribution is -2.49. The van der Waals surface area contributed by atoms with Gasteiger partial charge in [0.25, 0.3) is 0 Å². The number of rotatable bonds is 13. The summed E-state index contributed by atoms with van der Waals surface area (Å²) in [5.41, 5.74) is 2.05. The Morgan fingerprint density at radius 2 is 1.62 bits per heavy atom. The number of carbonyl (C=O) groups is 1. The van der Waals surface area contributed by atoms with E-state index >= 15 is 0 Å². The van der Waals surface area contributed by atoms with E-state index in [1.807, 2.05) is 20.8 Å². The smallest absolute Gasteiger partial charge is 0.326 e. The normalized spacial score (nSPS) is 13.8. The van der Waals surface area contributed by atoms with Gasteiger partial charge in [0.15, 0.2) is 0 Å². The van der Waals surface area contributed by atoms with Crippen LogP contribution >= 0.6 is 0 Å². The van der Waals surface area contributed by atoms with E-state index in [1.165, 1.54) is 24.4 Å². The number of carbonyl (C=O) groups excluding carboxylic acids is 1. The van der Waals surface area contributed by atoms with E-state index in [2.05, 4.69) is 19.6 Å². The van der Waals surface area contributed by atoms with Crippen molar-refractivity contribution in [1.29, 1.82) is 0 Å². The van der Waals surface area contributed by atoms with Gasteiger partial charge in [-0.15, -0.1) is 0 Å². The summed E-state index contributed by atoms with van der Waals surface area (Å²) < 4.78 is 74.6. The van der Waals surface area contributed by atoms with E-state index in [0.29, 0.717) is 45.0 Å². The summed E-state index contributed by atoms with van der Waals surface area (Å²) in [6, 6.07) is 7.81. The molecule has 250 valence electrons. The maximum Gasteiger partial charge on any atom is 0.326 e. The first-order valence-electron chi connectivity index (χ1n) is 14.8. The summed E-state index contributed by atoms with van der Waals surface area (Å²) in [5.74, 6) is -0.149. The summed E-state index contributed by atoms with van der Waals surface area (Å²) in [6.07, 6.45) is 1.53. The molecule has 13 heteroatoms. The zero-order valence-electron chi connectivity index (χ0n) is 28.3. The van der Waals surface area contributed by atoms with Gasteiger partial charge in [-0.1, -0.05) is 25.7 Å². The SMILES string of the molecule is COC(=O)[C@@H](COC(C)(C)C)N(Cc1ccc2c(ccn2S(=O)(=O)CC[Si](C)(C)C)c1)S(=O)(=O)c1c(C)cc(OC)c(C)c1C. The number of aryl methyl sites for hydroxylation is 1. The van der Waals surface area contributed by atoms with Gasteiger partial charge in [-0.3, -0.25) is 4.79 Å². The van der Waals surface area contributed by atoms with Gasteiger partial charge in [-0.2, -0.15) is 4.31 Å². The number of fused-ring (bicyclic) bond motifs is 1. The Morgan fingerprint density at radius 1 is 0.978 bits per heavy atom. The number of nitrogens with zero attached hydrogens (tertiary/aromatic N) is 2. The fourth-order valence-corrected chi connectivity index (χ4v) is 11.5. The highest BCUT2D eigenvalue weighted by Gasteiger charge is 2.40. The van der Waals surface area contributed by atoms with Gasteiger partial charge in [-0.05, 0) is 94.1 Å². The molecule has 0 N–H and O–H groups in total. The second-order valence-electron chi connectivity index (χ2n) is 13.6. The van der Waals surface area contributed by atoms with Crippen LogP contribution in [-0.4, -0.2) is 77.4 Å². The van der Waals surface area contributed by atoms with E-state index in [-0.39, 0.29) is 23.8 Å². The summed E-state index contributed by atoms with van der Waals surface area (Å²) in [6.45, 7) is 16.6. The van der Waals surface area contributed by atoms with E-state index < -0.39 is 45.7 Å². The van der Waals surface area contributed by atoms with E-state index in [0.717, 1.165) is 4.31 Å². The lowest BCUT2D eigenvalue weighted by molar-refractivity contribution is -0.149. The summed E-state index contributed by atoms with van der Waals surface area (Å²) in [5, 5.41) is 0.634. The van der Waals surface area contributed by atoms with Gasteiger partial charge in [0.05, 0.1) is 42.6 Å². The molecule has 0 spiro atoms. The Labute approximate surface area is 269 Å². The van der Waals surface area contributed by atoms with Crippen LogP contribution in [0.2, 0.25) is 25.7 Å². The molecule has 0 aliphatic heterocycles. The minimum atomic E-state index is -4.32. The molecule has 0 aliphatic carbocycles. The zero-order valence-corrected chi connectivity index (χ0v) is 31.0. The molecule has 0 saturated heterocycles. The summed E-state index contributed by atoms with van der Waals surface area (Å²) in [7, 11) is -6.76. The van der Waals surface area contributed by atoms with Gasteiger partial charge >= 0.3 is 5.97 Å². The Morgan fingerprint density at radius 3 is 2.18 bits per heavy atom. The third-order valence-electron chi connectivity index (χ3n) is 7.73. The number of benzene rings is 2. The Balaban J connectivity index is 2.17. The molecule has 0 fully saturated rings. The molecular weight excluding hydrogens is 633 g/mol. The van der Waals surface area contributed by atoms with Crippen molar-refractivity contribution < 1.29 is 35.8 Å². The molecule has 0 bridgehead atoms. The Bertz CT molecular complexity index is 1770. The van der Waals surface area contributed by atoms with Crippen LogP contribution in [-0.2, 0) is 40.9 Å². The molecule has 0 radical (unpaired) electrons. The van der Waals surface area contributed by atoms with Gasteiger partial charge in [-0.25, -0.2) is 20.8 Å². The van der Waals surface area contributed by atoms with Crippen molar-refractivity contribution in [3.05, 3.63) is 58.8 Å². The van der Waals surface area contributed by atoms with Gasteiger partial charge in [0, 0.05) is 26.2 Å². The number of esters is 1. The molecule has 45 heavy (non-hydrogen) atoms. The summed E-state index contributed by atoms with van der Waals surface area (Å²) >= 11 is 0. The van der Waals surface area contributed by atoms with Crippen molar-refractivity contribution in [2.24, 2.45) is 0 Å². The highest BCUT2D eigenvalue weighted by atomic mass is 32.2. The largest absolute Gasteiger partial charge is 0.496 e. The van der Waals surface area contributed by atoms with Gasteiger partial charge in [0.2, 0.25) is 20.0 Å². The van der Waals surface area contributed by atoms with Crippen molar-refractivity contribution >= 4 is 45.0 Å². The van der Waals surface area contributed by atoms with Gasteiger partial charge < -0.3 is 14.2 Å². The third-order valence-corrected chi connectivity index (χ3v) is 13.6. The zero-order chi connectivity index (χ0) is 34.1. The topological polar surface area (TPSA) is 121 Å². The third kappa shape index (κ3) is 8.56. The average Bonchev–Trinajstić information content (AvgIpc) is 3.36. The van der Waals surface area contributed by atoms with E-state index in [9.17, 15) is 21.6 Å². The fraction of sp³-hybridized carbons (Fsp3) is 0.531. The van der Waals surface area contributed by atoms with Crippen LogP contribution in [0.15, 0.2) is 41.4 Å². The molecule has 0 amide bonds. The molecule has 0 saturated carbocycles.